The standard InChI is InChI=1S/C19H23N3S2/c1-5-10-22-18(17-12-23-15(4)14(17)3)20-21-19(22)24-11-16-9-7-6-8-13(16)2/h6-9,12H,5,10-11H2,1-4H3. The molecule has 126 valence electrons. The maximum atomic E-state index is 4.51. The predicted octanol–water partition coefficient (Wildman–Crippen LogP) is 5.63. The zero-order chi connectivity index (χ0) is 17.1. The largest absolute Gasteiger partial charge is 0.302 e. The molecular formula is C19H23N3S2. The summed E-state index contributed by atoms with van der Waals surface area (Å²) in [6, 6.07) is 8.54. The topological polar surface area (TPSA) is 30.7 Å². The van der Waals surface area contributed by atoms with E-state index in [0.29, 0.717) is 0 Å². The summed E-state index contributed by atoms with van der Waals surface area (Å²) < 4.78 is 2.28. The lowest BCUT2D eigenvalue weighted by Crippen LogP contribution is -2.02. The van der Waals surface area contributed by atoms with E-state index < -0.39 is 0 Å². The number of aryl methyl sites for hydroxylation is 2. The van der Waals surface area contributed by atoms with Crippen LogP contribution in [0.1, 0.15) is 34.9 Å². The van der Waals surface area contributed by atoms with E-state index in [1.54, 1.807) is 23.1 Å². The van der Waals surface area contributed by atoms with Crippen molar-refractivity contribution in [2.45, 2.75) is 51.6 Å². The molecule has 0 spiro atoms. The summed E-state index contributed by atoms with van der Waals surface area (Å²) in [7, 11) is 0. The molecule has 1 aromatic carbocycles. The number of benzene rings is 1. The molecule has 0 saturated heterocycles. The molecular weight excluding hydrogens is 334 g/mol. The highest BCUT2D eigenvalue weighted by Crippen LogP contribution is 2.32. The van der Waals surface area contributed by atoms with Gasteiger partial charge in [-0.1, -0.05) is 43.0 Å². The monoisotopic (exact) mass is 357 g/mol. The van der Waals surface area contributed by atoms with Crippen molar-refractivity contribution in [3.8, 4) is 11.4 Å². The van der Waals surface area contributed by atoms with Gasteiger partial charge in [-0.05, 0) is 43.9 Å². The van der Waals surface area contributed by atoms with E-state index in [9.17, 15) is 0 Å². The lowest BCUT2D eigenvalue weighted by Gasteiger charge is -2.09. The molecule has 0 fully saturated rings. The Morgan fingerprint density at radius 1 is 1.12 bits per heavy atom. The molecule has 0 aliphatic rings. The van der Waals surface area contributed by atoms with Crippen molar-refractivity contribution in [2.75, 3.05) is 0 Å². The molecule has 0 amide bonds. The number of thioether (sulfide) groups is 1. The minimum absolute atomic E-state index is 0.927. The van der Waals surface area contributed by atoms with Gasteiger partial charge < -0.3 is 4.57 Å². The van der Waals surface area contributed by atoms with Crippen molar-refractivity contribution in [2.24, 2.45) is 0 Å². The van der Waals surface area contributed by atoms with Gasteiger partial charge in [0.1, 0.15) is 0 Å². The second kappa shape index (κ2) is 7.53. The highest BCUT2D eigenvalue weighted by molar-refractivity contribution is 7.98. The van der Waals surface area contributed by atoms with Crippen molar-refractivity contribution >= 4 is 23.1 Å². The summed E-state index contributed by atoms with van der Waals surface area (Å²) in [6.45, 7) is 9.65. The molecule has 0 N–H and O–H groups in total. The smallest absolute Gasteiger partial charge is 0.191 e. The van der Waals surface area contributed by atoms with Crippen LogP contribution in [0.15, 0.2) is 34.8 Å². The number of thiophene rings is 1. The maximum Gasteiger partial charge on any atom is 0.191 e. The lowest BCUT2D eigenvalue weighted by molar-refractivity contribution is 0.626. The third-order valence-electron chi connectivity index (χ3n) is 4.31. The average molecular weight is 358 g/mol. The second-order valence-electron chi connectivity index (χ2n) is 6.00. The number of nitrogens with zero attached hydrogens (tertiary/aromatic N) is 3. The third kappa shape index (κ3) is 3.42. The molecule has 3 aromatic rings. The Kier molecular flexibility index (Phi) is 5.41. The van der Waals surface area contributed by atoms with Crippen molar-refractivity contribution in [1.82, 2.24) is 14.8 Å². The number of hydrogen-bond donors (Lipinski definition) is 0. The first-order valence-corrected chi connectivity index (χ1v) is 10.1. The Balaban J connectivity index is 1.89. The summed E-state index contributed by atoms with van der Waals surface area (Å²) in [4.78, 5) is 1.35. The van der Waals surface area contributed by atoms with E-state index >= 15 is 0 Å². The molecule has 3 nitrogen and oxygen atoms in total. The number of aromatic nitrogens is 3. The Labute approximate surface area is 152 Å². The van der Waals surface area contributed by atoms with E-state index in [1.165, 1.54) is 27.1 Å². The SMILES string of the molecule is CCCn1c(SCc2ccccc2C)nnc1-c1csc(C)c1C. The fourth-order valence-electron chi connectivity index (χ4n) is 2.67. The first kappa shape index (κ1) is 17.2. The Hall–Kier alpha value is -1.59. The zero-order valence-corrected chi connectivity index (χ0v) is 16.3. The van der Waals surface area contributed by atoms with Gasteiger partial charge >= 0.3 is 0 Å². The first-order chi connectivity index (χ1) is 11.6. The fraction of sp³-hybridized carbons (Fsp3) is 0.368. The molecule has 2 aromatic heterocycles. The van der Waals surface area contributed by atoms with Gasteiger partial charge in [-0.25, -0.2) is 0 Å². The van der Waals surface area contributed by atoms with Crippen molar-refractivity contribution in [3.63, 3.8) is 0 Å². The molecule has 0 radical (unpaired) electrons. The van der Waals surface area contributed by atoms with Gasteiger partial charge in [-0.15, -0.1) is 21.5 Å². The van der Waals surface area contributed by atoms with Crippen LogP contribution in [0.2, 0.25) is 0 Å². The van der Waals surface area contributed by atoms with Crippen molar-refractivity contribution in [3.05, 3.63) is 51.2 Å². The van der Waals surface area contributed by atoms with Gasteiger partial charge in [0.25, 0.3) is 0 Å². The minimum Gasteiger partial charge on any atom is -0.302 e. The predicted molar refractivity (Wildman–Crippen MR) is 104 cm³/mol. The maximum absolute atomic E-state index is 4.51. The molecule has 3 rings (SSSR count). The molecule has 5 heteroatoms. The summed E-state index contributed by atoms with van der Waals surface area (Å²) >= 11 is 3.56. The van der Waals surface area contributed by atoms with Gasteiger partial charge in [-0.2, -0.15) is 0 Å². The van der Waals surface area contributed by atoms with Crippen LogP contribution in [0.25, 0.3) is 11.4 Å². The van der Waals surface area contributed by atoms with Crippen LogP contribution in [0.5, 0.6) is 0 Å². The molecule has 0 saturated carbocycles. The van der Waals surface area contributed by atoms with Crippen LogP contribution in [0.3, 0.4) is 0 Å². The molecule has 0 bridgehead atoms. The third-order valence-corrected chi connectivity index (χ3v) is 6.34. The number of hydrogen-bond acceptors (Lipinski definition) is 4. The van der Waals surface area contributed by atoms with E-state index in [4.69, 9.17) is 0 Å². The van der Waals surface area contributed by atoms with Crippen LogP contribution in [-0.4, -0.2) is 14.8 Å². The highest BCUT2D eigenvalue weighted by atomic mass is 32.2. The van der Waals surface area contributed by atoms with Gasteiger partial charge in [0.15, 0.2) is 11.0 Å². The van der Waals surface area contributed by atoms with Crippen LogP contribution in [0, 0.1) is 20.8 Å². The van der Waals surface area contributed by atoms with Crippen LogP contribution in [0.4, 0.5) is 0 Å². The Morgan fingerprint density at radius 3 is 2.58 bits per heavy atom. The summed E-state index contributed by atoms with van der Waals surface area (Å²) in [5, 5.41) is 12.2. The van der Waals surface area contributed by atoms with Gasteiger partial charge in [-0.3, -0.25) is 0 Å². The second-order valence-corrected chi connectivity index (χ2v) is 8.03. The van der Waals surface area contributed by atoms with E-state index in [-0.39, 0.29) is 0 Å². The van der Waals surface area contributed by atoms with Crippen molar-refractivity contribution in [1.29, 1.82) is 0 Å². The lowest BCUT2D eigenvalue weighted by atomic mass is 10.1. The van der Waals surface area contributed by atoms with E-state index in [0.717, 1.165) is 29.7 Å². The van der Waals surface area contributed by atoms with Crippen LogP contribution < -0.4 is 0 Å². The molecule has 0 aliphatic heterocycles. The molecule has 0 aliphatic carbocycles. The summed E-state index contributed by atoms with van der Waals surface area (Å²) in [6.07, 6.45) is 1.07. The van der Waals surface area contributed by atoms with Crippen LogP contribution in [-0.2, 0) is 12.3 Å². The molecule has 0 unspecified atom stereocenters. The summed E-state index contributed by atoms with van der Waals surface area (Å²) in [5.74, 6) is 1.93. The number of rotatable bonds is 6. The van der Waals surface area contributed by atoms with Gasteiger partial charge in [0, 0.05) is 28.1 Å². The zero-order valence-electron chi connectivity index (χ0n) is 14.7. The van der Waals surface area contributed by atoms with E-state index in [1.807, 2.05) is 0 Å². The molecule has 24 heavy (non-hydrogen) atoms. The average Bonchev–Trinajstić information content (AvgIpc) is 3.11. The van der Waals surface area contributed by atoms with Gasteiger partial charge in [0.2, 0.25) is 0 Å². The quantitative estimate of drug-likeness (QED) is 0.535. The van der Waals surface area contributed by atoms with Crippen LogP contribution >= 0.6 is 23.1 Å². The van der Waals surface area contributed by atoms with E-state index in [2.05, 4.69) is 72.1 Å². The normalized spacial score (nSPS) is 11.2. The highest BCUT2D eigenvalue weighted by Gasteiger charge is 2.17. The Morgan fingerprint density at radius 2 is 1.92 bits per heavy atom. The molecule has 2 heterocycles. The van der Waals surface area contributed by atoms with Crippen molar-refractivity contribution < 1.29 is 0 Å². The molecule has 0 atom stereocenters. The Bertz CT molecular complexity index is 833. The summed E-state index contributed by atoms with van der Waals surface area (Å²) in [5.41, 5.74) is 5.23. The minimum atomic E-state index is 0.927. The van der Waals surface area contributed by atoms with Gasteiger partial charge in [0.05, 0.1) is 0 Å². The fourth-order valence-corrected chi connectivity index (χ4v) is 4.57. The first-order valence-electron chi connectivity index (χ1n) is 8.27.